The van der Waals surface area contributed by atoms with E-state index in [1.165, 1.54) is 12.0 Å². The Morgan fingerprint density at radius 3 is 2.73 bits per heavy atom. The van der Waals surface area contributed by atoms with Gasteiger partial charge in [-0.2, -0.15) is 0 Å². The predicted molar refractivity (Wildman–Crippen MR) is 92.9 cm³/mol. The highest BCUT2D eigenvalue weighted by Crippen LogP contribution is 2.26. The maximum Gasteiger partial charge on any atom is 0.236 e. The quantitative estimate of drug-likeness (QED) is 0.842. The van der Waals surface area contributed by atoms with Gasteiger partial charge in [0.15, 0.2) is 0 Å². The molecule has 4 nitrogen and oxygen atoms in total. The van der Waals surface area contributed by atoms with Crippen LogP contribution < -0.4 is 11.1 Å². The third kappa shape index (κ3) is 5.59. The number of benzene rings is 1. The zero-order valence-corrected chi connectivity index (χ0v) is 14.3. The molecule has 2 rings (SSSR count). The molecule has 1 aromatic rings. The van der Waals surface area contributed by atoms with E-state index >= 15 is 0 Å². The molecule has 3 N–H and O–H groups in total. The summed E-state index contributed by atoms with van der Waals surface area (Å²) in [6, 6.07) is 10.8. The maximum absolute atomic E-state index is 11.4. The van der Waals surface area contributed by atoms with Gasteiger partial charge < -0.3 is 11.1 Å². The third-order valence-corrected chi connectivity index (χ3v) is 4.28. The second kappa shape index (κ2) is 9.13. The van der Waals surface area contributed by atoms with Crippen molar-refractivity contribution < 1.29 is 4.79 Å². The molecule has 22 heavy (non-hydrogen) atoms. The van der Waals surface area contributed by atoms with Crippen LogP contribution in [0.1, 0.15) is 32.3 Å². The number of nitrogens with zero attached hydrogens (tertiary/aromatic N) is 1. The van der Waals surface area contributed by atoms with Crippen molar-refractivity contribution in [3.05, 3.63) is 35.9 Å². The third-order valence-electron chi connectivity index (χ3n) is 4.28. The summed E-state index contributed by atoms with van der Waals surface area (Å²) in [6.45, 7) is 6.88. The number of carbonyl (C=O) groups excluding carboxylic acids is 1. The highest BCUT2D eigenvalue weighted by molar-refractivity contribution is 5.85. The van der Waals surface area contributed by atoms with Gasteiger partial charge in [0.2, 0.25) is 5.91 Å². The zero-order valence-electron chi connectivity index (χ0n) is 13.5. The summed E-state index contributed by atoms with van der Waals surface area (Å²) in [5, 5.41) is 2.91. The maximum atomic E-state index is 11.4. The molecule has 1 heterocycles. The van der Waals surface area contributed by atoms with Gasteiger partial charge in [-0.1, -0.05) is 30.3 Å². The van der Waals surface area contributed by atoms with Gasteiger partial charge in [0.25, 0.3) is 0 Å². The van der Waals surface area contributed by atoms with Crippen LogP contribution in [-0.4, -0.2) is 36.0 Å². The fourth-order valence-electron chi connectivity index (χ4n) is 3.03. The lowest BCUT2D eigenvalue weighted by Crippen LogP contribution is -2.39. The number of hydrogen-bond acceptors (Lipinski definition) is 3. The molecule has 1 amide bonds. The average Bonchev–Trinajstić information content (AvgIpc) is 2.80. The summed E-state index contributed by atoms with van der Waals surface area (Å²) >= 11 is 0. The highest BCUT2D eigenvalue weighted by Gasteiger charge is 2.28. The van der Waals surface area contributed by atoms with Crippen molar-refractivity contribution in [3.63, 3.8) is 0 Å². The number of nitrogens with one attached hydrogen (secondary N) is 1. The first kappa shape index (κ1) is 18.9. The lowest BCUT2D eigenvalue weighted by atomic mass is 10.0. The van der Waals surface area contributed by atoms with Gasteiger partial charge >= 0.3 is 0 Å². The Morgan fingerprint density at radius 1 is 1.41 bits per heavy atom. The summed E-state index contributed by atoms with van der Waals surface area (Å²) in [7, 11) is 0. The zero-order chi connectivity index (χ0) is 15.2. The lowest BCUT2D eigenvalue weighted by molar-refractivity contribution is -0.122. The number of rotatable bonds is 6. The van der Waals surface area contributed by atoms with Crippen LogP contribution >= 0.6 is 12.4 Å². The molecule has 0 radical (unpaired) electrons. The molecule has 0 aliphatic carbocycles. The number of halogens is 1. The fraction of sp³-hybridized carbons (Fsp3) is 0.588. The molecule has 5 heteroatoms. The topological polar surface area (TPSA) is 58.4 Å². The van der Waals surface area contributed by atoms with Crippen molar-refractivity contribution in [1.82, 2.24) is 10.2 Å². The van der Waals surface area contributed by atoms with E-state index in [0.717, 1.165) is 26.1 Å². The molecule has 0 aromatic heterocycles. The van der Waals surface area contributed by atoms with E-state index in [-0.39, 0.29) is 18.3 Å². The SMILES string of the molecule is CC1CC(CCNC(=O)[C@@H](C)N)CN1Cc1ccccc1.Cl. The monoisotopic (exact) mass is 325 g/mol. The Bertz CT molecular complexity index is 452. The Kier molecular flexibility index (Phi) is 7.87. The molecule has 1 fully saturated rings. The molecular formula is C17H28ClN3O. The van der Waals surface area contributed by atoms with E-state index in [4.69, 9.17) is 5.73 Å². The Hall–Kier alpha value is -1.10. The minimum absolute atomic E-state index is 0. The van der Waals surface area contributed by atoms with E-state index in [9.17, 15) is 4.79 Å². The van der Waals surface area contributed by atoms with Crippen molar-refractivity contribution in [1.29, 1.82) is 0 Å². The molecule has 0 bridgehead atoms. The van der Waals surface area contributed by atoms with Crippen molar-refractivity contribution >= 4 is 18.3 Å². The molecule has 124 valence electrons. The predicted octanol–water partition coefficient (Wildman–Crippen LogP) is 2.17. The van der Waals surface area contributed by atoms with E-state index in [0.29, 0.717) is 12.0 Å². The summed E-state index contributed by atoms with van der Waals surface area (Å²) < 4.78 is 0. The van der Waals surface area contributed by atoms with Crippen LogP contribution in [0.15, 0.2) is 30.3 Å². The highest BCUT2D eigenvalue weighted by atomic mass is 35.5. The van der Waals surface area contributed by atoms with Crippen LogP contribution in [0, 0.1) is 5.92 Å². The van der Waals surface area contributed by atoms with Gasteiger partial charge in [-0.25, -0.2) is 0 Å². The van der Waals surface area contributed by atoms with E-state index in [1.54, 1.807) is 6.92 Å². The van der Waals surface area contributed by atoms with E-state index < -0.39 is 6.04 Å². The summed E-state index contributed by atoms with van der Waals surface area (Å²) in [5.74, 6) is 0.610. The smallest absolute Gasteiger partial charge is 0.236 e. The van der Waals surface area contributed by atoms with Crippen molar-refractivity contribution in [2.75, 3.05) is 13.1 Å². The first-order valence-electron chi connectivity index (χ1n) is 7.87. The normalized spacial score (nSPS) is 22.9. The van der Waals surface area contributed by atoms with Gasteiger partial charge in [-0.05, 0) is 38.2 Å². The Labute approximate surface area is 139 Å². The van der Waals surface area contributed by atoms with Gasteiger partial charge in [0.1, 0.15) is 0 Å². The summed E-state index contributed by atoms with van der Waals surface area (Å²) in [6.07, 6.45) is 2.25. The molecular weight excluding hydrogens is 298 g/mol. The van der Waals surface area contributed by atoms with Crippen molar-refractivity contribution in [3.8, 4) is 0 Å². The molecule has 1 saturated heterocycles. The Morgan fingerprint density at radius 2 is 2.09 bits per heavy atom. The molecule has 1 aliphatic rings. The van der Waals surface area contributed by atoms with Crippen LogP contribution in [0.4, 0.5) is 0 Å². The van der Waals surface area contributed by atoms with Crippen LogP contribution in [0.5, 0.6) is 0 Å². The van der Waals surface area contributed by atoms with E-state index in [2.05, 4.69) is 47.5 Å². The molecule has 3 atom stereocenters. The van der Waals surface area contributed by atoms with Crippen LogP contribution in [0.3, 0.4) is 0 Å². The van der Waals surface area contributed by atoms with Gasteiger partial charge in [0.05, 0.1) is 6.04 Å². The average molecular weight is 326 g/mol. The lowest BCUT2D eigenvalue weighted by Gasteiger charge is -2.21. The van der Waals surface area contributed by atoms with Crippen LogP contribution in [0.2, 0.25) is 0 Å². The standard InChI is InChI=1S/C17H27N3O.ClH/c1-13-10-16(8-9-19-17(21)14(2)18)12-20(13)11-15-6-4-3-5-7-15;/h3-7,13-14,16H,8-12,18H2,1-2H3,(H,19,21);1H/t13?,14-,16?;/m1./s1. The Balaban J connectivity index is 0.00000242. The molecule has 0 saturated carbocycles. The van der Waals surface area contributed by atoms with Gasteiger partial charge in [0, 0.05) is 25.7 Å². The molecule has 0 spiro atoms. The minimum atomic E-state index is -0.415. The number of carbonyl (C=O) groups is 1. The van der Waals surface area contributed by atoms with Crippen LogP contribution in [0.25, 0.3) is 0 Å². The second-order valence-electron chi connectivity index (χ2n) is 6.23. The summed E-state index contributed by atoms with van der Waals surface area (Å²) in [5.41, 5.74) is 6.91. The number of amides is 1. The minimum Gasteiger partial charge on any atom is -0.355 e. The second-order valence-corrected chi connectivity index (χ2v) is 6.23. The van der Waals surface area contributed by atoms with Gasteiger partial charge in [-0.3, -0.25) is 9.69 Å². The number of nitrogens with two attached hydrogens (primary N) is 1. The summed E-state index contributed by atoms with van der Waals surface area (Å²) in [4.78, 5) is 14.0. The van der Waals surface area contributed by atoms with Crippen molar-refractivity contribution in [2.24, 2.45) is 11.7 Å². The first-order chi connectivity index (χ1) is 10.1. The molecule has 1 aliphatic heterocycles. The van der Waals surface area contributed by atoms with Crippen LogP contribution in [-0.2, 0) is 11.3 Å². The largest absolute Gasteiger partial charge is 0.355 e. The first-order valence-corrected chi connectivity index (χ1v) is 7.87. The molecule has 1 aromatic carbocycles. The van der Waals surface area contributed by atoms with E-state index in [1.807, 2.05) is 0 Å². The number of hydrogen-bond donors (Lipinski definition) is 2. The molecule has 2 unspecified atom stereocenters. The van der Waals surface area contributed by atoms with Crippen molar-refractivity contribution in [2.45, 2.75) is 45.3 Å². The van der Waals surface area contributed by atoms with Gasteiger partial charge in [-0.15, -0.1) is 12.4 Å². The fourth-order valence-corrected chi connectivity index (χ4v) is 3.03. The number of likely N-dealkylation sites (tertiary alicyclic amines) is 1.